The first-order valence-electron chi connectivity index (χ1n) is 4.63. The van der Waals surface area contributed by atoms with E-state index in [4.69, 9.17) is 7.85 Å². The molecule has 1 aliphatic rings. The summed E-state index contributed by atoms with van der Waals surface area (Å²) in [5.41, 5.74) is 1.97. The Morgan fingerprint density at radius 2 is 2.14 bits per heavy atom. The maximum Gasteiger partial charge on any atom is 0.263 e. The van der Waals surface area contributed by atoms with Crippen molar-refractivity contribution in [2.75, 3.05) is 11.9 Å². The van der Waals surface area contributed by atoms with E-state index < -0.39 is 6.43 Å². The van der Waals surface area contributed by atoms with Crippen molar-refractivity contribution < 1.29 is 8.78 Å². The lowest BCUT2D eigenvalue weighted by Crippen LogP contribution is -2.18. The Kier molecular flexibility index (Phi) is 2.44. The van der Waals surface area contributed by atoms with Gasteiger partial charge in [0, 0.05) is 17.8 Å². The van der Waals surface area contributed by atoms with Crippen molar-refractivity contribution in [2.45, 2.75) is 19.3 Å². The molecule has 0 saturated heterocycles. The fourth-order valence-corrected chi connectivity index (χ4v) is 1.74. The molecular formula is C10H10BF2N. The summed E-state index contributed by atoms with van der Waals surface area (Å²) in [5, 5.41) is 3.10. The highest BCUT2D eigenvalue weighted by molar-refractivity contribution is 6.33. The molecule has 1 heterocycles. The number of nitrogens with one attached hydrogen (secondary N) is 1. The lowest BCUT2D eigenvalue weighted by Gasteiger charge is -2.20. The molecule has 0 aliphatic carbocycles. The van der Waals surface area contributed by atoms with E-state index in [0.717, 1.165) is 30.6 Å². The van der Waals surface area contributed by atoms with Gasteiger partial charge in [-0.2, -0.15) is 0 Å². The minimum atomic E-state index is -2.50. The molecule has 0 saturated carbocycles. The van der Waals surface area contributed by atoms with Crippen LogP contribution in [-0.4, -0.2) is 14.4 Å². The van der Waals surface area contributed by atoms with Crippen molar-refractivity contribution in [1.82, 2.24) is 0 Å². The Bertz CT molecular complexity index is 352. The largest absolute Gasteiger partial charge is 0.385 e. The molecule has 0 atom stereocenters. The van der Waals surface area contributed by atoms with E-state index in [0.29, 0.717) is 0 Å². The molecule has 0 unspecified atom stereocenters. The highest BCUT2D eigenvalue weighted by Gasteiger charge is 2.15. The Balaban J connectivity index is 2.45. The van der Waals surface area contributed by atoms with Gasteiger partial charge in [-0.1, -0.05) is 11.5 Å². The van der Waals surface area contributed by atoms with Crippen LogP contribution in [0.5, 0.6) is 0 Å². The van der Waals surface area contributed by atoms with E-state index in [2.05, 4.69) is 5.32 Å². The SMILES string of the molecule is [B]c1cc2c(cc1C(F)F)NCCC2. The summed E-state index contributed by atoms with van der Waals surface area (Å²) in [6.07, 6.45) is -0.555. The molecular weight excluding hydrogens is 183 g/mol. The minimum Gasteiger partial charge on any atom is -0.385 e. The maximum absolute atomic E-state index is 12.5. The summed E-state index contributed by atoms with van der Waals surface area (Å²) in [4.78, 5) is 0. The van der Waals surface area contributed by atoms with Crippen molar-refractivity contribution in [3.05, 3.63) is 23.3 Å². The van der Waals surface area contributed by atoms with Crippen LogP contribution in [0.2, 0.25) is 0 Å². The van der Waals surface area contributed by atoms with E-state index in [1.165, 1.54) is 6.07 Å². The van der Waals surface area contributed by atoms with Gasteiger partial charge in [0.2, 0.25) is 0 Å². The minimum absolute atomic E-state index is 0.0712. The number of aryl methyl sites for hydroxylation is 1. The summed E-state index contributed by atoms with van der Waals surface area (Å²) in [7, 11) is 5.54. The second-order valence-corrected chi connectivity index (χ2v) is 3.47. The molecule has 0 spiro atoms. The van der Waals surface area contributed by atoms with Crippen LogP contribution < -0.4 is 10.8 Å². The van der Waals surface area contributed by atoms with Crippen molar-refractivity contribution >= 4 is 19.0 Å². The van der Waals surface area contributed by atoms with Crippen LogP contribution >= 0.6 is 0 Å². The molecule has 0 aromatic heterocycles. The van der Waals surface area contributed by atoms with E-state index in [-0.39, 0.29) is 11.0 Å². The quantitative estimate of drug-likeness (QED) is 0.670. The molecule has 0 fully saturated rings. The molecule has 2 rings (SSSR count). The lowest BCUT2D eigenvalue weighted by atomic mass is 9.86. The summed E-state index contributed by atoms with van der Waals surface area (Å²) < 4.78 is 25.0. The molecule has 0 bridgehead atoms. The van der Waals surface area contributed by atoms with Crippen molar-refractivity contribution in [3.63, 3.8) is 0 Å². The normalized spacial score (nSPS) is 15.1. The van der Waals surface area contributed by atoms with Gasteiger partial charge in [0.1, 0.15) is 7.85 Å². The van der Waals surface area contributed by atoms with Gasteiger partial charge in [-0.05, 0) is 24.5 Å². The van der Waals surface area contributed by atoms with Crippen LogP contribution in [0.4, 0.5) is 14.5 Å². The zero-order valence-corrected chi connectivity index (χ0v) is 7.69. The number of benzene rings is 1. The molecule has 0 amide bonds. The van der Waals surface area contributed by atoms with E-state index in [1.807, 2.05) is 0 Å². The molecule has 72 valence electrons. The number of fused-ring (bicyclic) bond motifs is 1. The van der Waals surface area contributed by atoms with Gasteiger partial charge in [0.25, 0.3) is 6.43 Å². The maximum atomic E-state index is 12.5. The summed E-state index contributed by atoms with van der Waals surface area (Å²) in [5.74, 6) is 0. The molecule has 1 nitrogen and oxygen atoms in total. The van der Waals surface area contributed by atoms with Crippen LogP contribution in [0.15, 0.2) is 12.1 Å². The summed E-state index contributed by atoms with van der Waals surface area (Å²) >= 11 is 0. The van der Waals surface area contributed by atoms with Gasteiger partial charge in [0.05, 0.1) is 0 Å². The van der Waals surface area contributed by atoms with Gasteiger partial charge < -0.3 is 5.32 Å². The lowest BCUT2D eigenvalue weighted by molar-refractivity contribution is 0.152. The highest BCUT2D eigenvalue weighted by atomic mass is 19.3. The molecule has 1 aliphatic heterocycles. The Morgan fingerprint density at radius 1 is 1.36 bits per heavy atom. The Hall–Kier alpha value is -1.06. The number of alkyl halides is 2. The van der Waals surface area contributed by atoms with E-state index in [9.17, 15) is 8.78 Å². The predicted molar refractivity (Wildman–Crippen MR) is 53.6 cm³/mol. The monoisotopic (exact) mass is 193 g/mol. The third-order valence-corrected chi connectivity index (χ3v) is 2.48. The Labute approximate surface area is 82.9 Å². The smallest absolute Gasteiger partial charge is 0.263 e. The fourth-order valence-electron chi connectivity index (χ4n) is 1.74. The third-order valence-electron chi connectivity index (χ3n) is 2.48. The van der Waals surface area contributed by atoms with Crippen LogP contribution in [-0.2, 0) is 6.42 Å². The van der Waals surface area contributed by atoms with Crippen molar-refractivity contribution in [1.29, 1.82) is 0 Å². The molecule has 1 aromatic rings. The van der Waals surface area contributed by atoms with Crippen LogP contribution in [0.3, 0.4) is 0 Å². The van der Waals surface area contributed by atoms with Crippen LogP contribution in [0.25, 0.3) is 0 Å². The van der Waals surface area contributed by atoms with Gasteiger partial charge in [-0.25, -0.2) is 8.78 Å². The van der Waals surface area contributed by atoms with E-state index >= 15 is 0 Å². The number of hydrogen-bond acceptors (Lipinski definition) is 1. The summed E-state index contributed by atoms with van der Waals surface area (Å²) in [6.45, 7) is 0.847. The molecule has 1 N–H and O–H groups in total. The summed E-state index contributed by atoms with van der Waals surface area (Å²) in [6, 6.07) is 3.12. The zero-order valence-electron chi connectivity index (χ0n) is 7.69. The molecule has 1 aromatic carbocycles. The topological polar surface area (TPSA) is 12.0 Å². The number of hydrogen-bond donors (Lipinski definition) is 1. The number of anilines is 1. The van der Waals surface area contributed by atoms with Gasteiger partial charge in [-0.3, -0.25) is 0 Å². The average Bonchev–Trinajstić information content (AvgIpc) is 2.16. The van der Waals surface area contributed by atoms with Crippen molar-refractivity contribution in [3.8, 4) is 0 Å². The van der Waals surface area contributed by atoms with E-state index in [1.54, 1.807) is 6.07 Å². The number of halogens is 2. The first-order chi connectivity index (χ1) is 6.68. The third kappa shape index (κ3) is 1.61. The zero-order chi connectivity index (χ0) is 10.1. The number of rotatable bonds is 1. The highest BCUT2D eigenvalue weighted by Crippen LogP contribution is 2.26. The standard InChI is InChI=1S/C10H10BF2N/c11-8-4-6-2-1-3-14-9(6)5-7(8)10(12)13/h4-5,10,14H,1-3H2. The molecule has 14 heavy (non-hydrogen) atoms. The predicted octanol–water partition coefficient (Wildman–Crippen LogP) is 1.78. The first-order valence-corrected chi connectivity index (χ1v) is 4.63. The van der Waals surface area contributed by atoms with Crippen LogP contribution in [0, 0.1) is 0 Å². The molecule has 2 radical (unpaired) electrons. The fraction of sp³-hybridized carbons (Fsp3) is 0.400. The van der Waals surface area contributed by atoms with Crippen LogP contribution in [0.1, 0.15) is 24.0 Å². The second kappa shape index (κ2) is 3.60. The van der Waals surface area contributed by atoms with Crippen molar-refractivity contribution in [2.24, 2.45) is 0 Å². The van der Waals surface area contributed by atoms with Gasteiger partial charge >= 0.3 is 0 Å². The molecule has 4 heteroatoms. The average molecular weight is 193 g/mol. The second-order valence-electron chi connectivity index (χ2n) is 3.47. The van der Waals surface area contributed by atoms with Gasteiger partial charge in [0.15, 0.2) is 0 Å². The Morgan fingerprint density at radius 3 is 2.86 bits per heavy atom. The van der Waals surface area contributed by atoms with Gasteiger partial charge in [-0.15, -0.1) is 0 Å². The first kappa shape index (κ1) is 9.50.